The van der Waals surface area contributed by atoms with Crippen molar-refractivity contribution < 1.29 is 27.9 Å². The summed E-state index contributed by atoms with van der Waals surface area (Å²) in [5.74, 6) is -1.83. The van der Waals surface area contributed by atoms with Crippen LogP contribution in [0.25, 0.3) is 11.1 Å². The molecule has 1 aliphatic heterocycles. The number of nitrogens with one attached hydrogen (secondary N) is 2. The fourth-order valence-electron chi connectivity index (χ4n) is 6.09. The summed E-state index contributed by atoms with van der Waals surface area (Å²) in [5.41, 5.74) is 5.15. The molecule has 0 spiro atoms. The van der Waals surface area contributed by atoms with Gasteiger partial charge in [0.05, 0.1) is 5.56 Å². The van der Waals surface area contributed by atoms with E-state index in [0.717, 1.165) is 47.5 Å². The molecule has 2 aliphatic rings. The van der Waals surface area contributed by atoms with Gasteiger partial charge in [0, 0.05) is 42.8 Å². The van der Waals surface area contributed by atoms with Gasteiger partial charge in [-0.2, -0.15) is 13.2 Å². The van der Waals surface area contributed by atoms with Crippen molar-refractivity contribution in [1.82, 2.24) is 10.6 Å². The first kappa shape index (κ1) is 26.7. The molecule has 39 heavy (non-hydrogen) atoms. The van der Waals surface area contributed by atoms with Crippen molar-refractivity contribution in [3.05, 3.63) is 89.0 Å². The number of carbonyl (C=O) groups excluding carboxylic acids is 1. The first-order valence-corrected chi connectivity index (χ1v) is 13.1. The van der Waals surface area contributed by atoms with Crippen LogP contribution in [0, 0.1) is 5.92 Å². The number of amides is 1. The molecule has 0 radical (unpaired) electrons. The number of halogens is 3. The summed E-state index contributed by atoms with van der Waals surface area (Å²) in [6, 6.07) is 20.1. The Morgan fingerprint density at radius 3 is 2.46 bits per heavy atom. The third-order valence-corrected chi connectivity index (χ3v) is 7.80. The zero-order valence-corrected chi connectivity index (χ0v) is 21.5. The fourth-order valence-corrected chi connectivity index (χ4v) is 6.09. The maximum Gasteiger partial charge on any atom is 0.405 e. The fraction of sp³-hybridized carbons (Fsp3) is 0.333. The normalized spacial score (nSPS) is 19.2. The van der Waals surface area contributed by atoms with Gasteiger partial charge in [-0.3, -0.25) is 4.79 Å². The molecule has 1 aliphatic carbocycles. The quantitative estimate of drug-likeness (QED) is 0.382. The SMILES string of the molecule is CCC(C1CN(c2ccc(C(=O)O)cc2)CCN1)C1c2ccccc2-c2cccc(C(=O)NCC(F)(F)F)c21. The van der Waals surface area contributed by atoms with E-state index < -0.39 is 24.6 Å². The number of fused-ring (bicyclic) bond motifs is 3. The maximum absolute atomic E-state index is 13.1. The van der Waals surface area contributed by atoms with Gasteiger partial charge in [-0.05, 0) is 58.5 Å². The zero-order valence-electron chi connectivity index (χ0n) is 21.5. The second kappa shape index (κ2) is 10.7. The lowest BCUT2D eigenvalue weighted by molar-refractivity contribution is -0.123. The summed E-state index contributed by atoms with van der Waals surface area (Å²) in [6.45, 7) is 2.85. The summed E-state index contributed by atoms with van der Waals surface area (Å²) in [7, 11) is 0. The van der Waals surface area contributed by atoms with Gasteiger partial charge in [-0.25, -0.2) is 4.79 Å². The van der Waals surface area contributed by atoms with E-state index >= 15 is 0 Å². The van der Waals surface area contributed by atoms with Crippen molar-refractivity contribution in [1.29, 1.82) is 0 Å². The van der Waals surface area contributed by atoms with Gasteiger partial charge in [0.15, 0.2) is 0 Å². The molecule has 3 unspecified atom stereocenters. The van der Waals surface area contributed by atoms with E-state index in [-0.39, 0.29) is 29.0 Å². The molecule has 9 heteroatoms. The highest BCUT2D eigenvalue weighted by Gasteiger charge is 2.41. The summed E-state index contributed by atoms with van der Waals surface area (Å²) in [6.07, 6.45) is -3.72. The van der Waals surface area contributed by atoms with E-state index in [1.54, 1.807) is 24.3 Å². The third kappa shape index (κ3) is 5.36. The summed E-state index contributed by atoms with van der Waals surface area (Å²) < 4.78 is 38.7. The molecule has 3 N–H and O–H groups in total. The average Bonchev–Trinajstić information content (AvgIpc) is 3.26. The Kier molecular flexibility index (Phi) is 7.36. The molecule has 1 fully saturated rings. The van der Waals surface area contributed by atoms with E-state index in [9.17, 15) is 27.9 Å². The molecule has 1 heterocycles. The molecule has 1 amide bonds. The van der Waals surface area contributed by atoms with Crippen molar-refractivity contribution in [2.45, 2.75) is 31.5 Å². The third-order valence-electron chi connectivity index (χ3n) is 7.80. The van der Waals surface area contributed by atoms with Crippen molar-refractivity contribution in [2.24, 2.45) is 5.92 Å². The highest BCUT2D eigenvalue weighted by atomic mass is 19.4. The van der Waals surface area contributed by atoms with Crippen LogP contribution in [0.4, 0.5) is 18.9 Å². The van der Waals surface area contributed by atoms with Crippen molar-refractivity contribution in [3.63, 3.8) is 0 Å². The number of rotatable bonds is 7. The minimum absolute atomic E-state index is 0.0261. The molecular weight excluding hydrogens is 507 g/mol. The molecule has 204 valence electrons. The summed E-state index contributed by atoms with van der Waals surface area (Å²) in [4.78, 5) is 26.6. The van der Waals surface area contributed by atoms with Crippen LogP contribution in [0.1, 0.15) is 51.1 Å². The highest BCUT2D eigenvalue weighted by molar-refractivity contribution is 5.99. The van der Waals surface area contributed by atoms with Crippen molar-refractivity contribution >= 4 is 17.6 Å². The molecule has 3 aromatic carbocycles. The highest BCUT2D eigenvalue weighted by Crippen LogP contribution is 2.51. The molecule has 0 bridgehead atoms. The molecule has 0 saturated carbocycles. The number of nitrogens with zero attached hydrogens (tertiary/aromatic N) is 1. The van der Waals surface area contributed by atoms with Crippen LogP contribution < -0.4 is 15.5 Å². The number of piperazine rings is 1. The molecule has 6 nitrogen and oxygen atoms in total. The smallest absolute Gasteiger partial charge is 0.405 e. The van der Waals surface area contributed by atoms with E-state index in [4.69, 9.17) is 0 Å². The predicted molar refractivity (Wildman–Crippen MR) is 143 cm³/mol. The number of alkyl halides is 3. The van der Waals surface area contributed by atoms with Gasteiger partial charge < -0.3 is 20.6 Å². The van der Waals surface area contributed by atoms with Gasteiger partial charge in [0.1, 0.15) is 6.54 Å². The van der Waals surface area contributed by atoms with Crippen LogP contribution in [0.3, 0.4) is 0 Å². The van der Waals surface area contributed by atoms with Crippen LogP contribution in [0.5, 0.6) is 0 Å². The van der Waals surface area contributed by atoms with Crippen molar-refractivity contribution in [3.8, 4) is 11.1 Å². The van der Waals surface area contributed by atoms with Crippen LogP contribution in [0.15, 0.2) is 66.7 Å². The molecular formula is C30H30F3N3O3. The van der Waals surface area contributed by atoms with Crippen LogP contribution >= 0.6 is 0 Å². The van der Waals surface area contributed by atoms with Crippen LogP contribution in [0.2, 0.25) is 0 Å². The maximum atomic E-state index is 13.1. The first-order chi connectivity index (χ1) is 18.7. The largest absolute Gasteiger partial charge is 0.478 e. The second-order valence-electron chi connectivity index (χ2n) is 10.1. The molecule has 3 atom stereocenters. The second-order valence-corrected chi connectivity index (χ2v) is 10.1. The minimum Gasteiger partial charge on any atom is -0.478 e. The van der Waals surface area contributed by atoms with E-state index in [2.05, 4.69) is 22.5 Å². The number of hydrogen-bond donors (Lipinski definition) is 3. The monoisotopic (exact) mass is 537 g/mol. The molecule has 3 aromatic rings. The van der Waals surface area contributed by atoms with Gasteiger partial charge in [-0.1, -0.05) is 49.7 Å². The predicted octanol–water partition coefficient (Wildman–Crippen LogP) is 5.29. The first-order valence-electron chi connectivity index (χ1n) is 13.1. The Morgan fingerprint density at radius 1 is 1.05 bits per heavy atom. The molecule has 0 aromatic heterocycles. The Hall–Kier alpha value is -3.85. The molecule has 1 saturated heterocycles. The number of carboxylic acid groups (broad SMARTS) is 1. The number of benzene rings is 3. The Balaban J connectivity index is 1.49. The number of hydrogen-bond acceptors (Lipinski definition) is 4. The lowest BCUT2D eigenvalue weighted by Gasteiger charge is -2.41. The minimum atomic E-state index is -4.50. The van der Waals surface area contributed by atoms with Crippen LogP contribution in [-0.4, -0.2) is 55.4 Å². The van der Waals surface area contributed by atoms with Gasteiger partial charge >= 0.3 is 12.1 Å². The lowest BCUT2D eigenvalue weighted by Crippen LogP contribution is -2.55. The van der Waals surface area contributed by atoms with Gasteiger partial charge in [0.25, 0.3) is 5.91 Å². The standard InChI is InChI=1S/C30H30F3N3O3/c1-2-20(25-16-36(15-14-34-25)19-12-10-18(11-13-19)29(38)39)26-22-7-4-3-6-21(22)23-8-5-9-24(27(23)26)28(37)35-17-30(31,32)33/h3-13,20,25-26,34H,2,14-17H2,1H3,(H,35,37)(H,38,39). The topological polar surface area (TPSA) is 81.7 Å². The van der Waals surface area contributed by atoms with E-state index in [1.807, 2.05) is 42.5 Å². The lowest BCUT2D eigenvalue weighted by atomic mass is 9.76. The zero-order chi connectivity index (χ0) is 27.7. The van der Waals surface area contributed by atoms with Gasteiger partial charge in [-0.15, -0.1) is 0 Å². The number of anilines is 1. The summed E-state index contributed by atoms with van der Waals surface area (Å²) in [5, 5.41) is 15.0. The number of carbonyl (C=O) groups is 2. The molecule has 5 rings (SSSR count). The van der Waals surface area contributed by atoms with E-state index in [0.29, 0.717) is 6.54 Å². The summed E-state index contributed by atoms with van der Waals surface area (Å²) >= 11 is 0. The van der Waals surface area contributed by atoms with Gasteiger partial charge in [0.2, 0.25) is 0 Å². The average molecular weight is 538 g/mol. The Labute approximate surface area is 224 Å². The Bertz CT molecular complexity index is 1370. The van der Waals surface area contributed by atoms with Crippen LogP contribution in [-0.2, 0) is 0 Å². The van der Waals surface area contributed by atoms with E-state index in [1.165, 1.54) is 0 Å². The number of aromatic carboxylic acids is 1. The Morgan fingerprint density at radius 2 is 1.77 bits per heavy atom. The van der Waals surface area contributed by atoms with Crippen molar-refractivity contribution in [2.75, 3.05) is 31.1 Å². The number of carboxylic acids is 1.